The van der Waals surface area contributed by atoms with E-state index in [2.05, 4.69) is 13.8 Å². The molecule has 8 heteroatoms. The SMILES string of the molecule is CCC(=O)OC1c2cc3c(c4c2C2(CO4)C(=O)C(OC)=C(OC)C=C2CC(C)C1C)OCO3. The van der Waals surface area contributed by atoms with Gasteiger partial charge in [0.15, 0.2) is 17.3 Å². The summed E-state index contributed by atoms with van der Waals surface area (Å²) < 4.78 is 34.6. The van der Waals surface area contributed by atoms with Crippen LogP contribution in [0.1, 0.15) is 50.8 Å². The number of methoxy groups -OCH3 is 2. The summed E-state index contributed by atoms with van der Waals surface area (Å²) in [5, 5.41) is 0. The number of hydrogen-bond acceptors (Lipinski definition) is 8. The van der Waals surface area contributed by atoms with Crippen molar-refractivity contribution in [1.29, 1.82) is 0 Å². The van der Waals surface area contributed by atoms with E-state index in [1.165, 1.54) is 14.2 Å². The van der Waals surface area contributed by atoms with Gasteiger partial charge >= 0.3 is 5.97 Å². The number of hydrogen-bond donors (Lipinski definition) is 0. The normalized spacial score (nSPS) is 29.3. The zero-order valence-corrected chi connectivity index (χ0v) is 19.5. The Labute approximate surface area is 192 Å². The van der Waals surface area contributed by atoms with Crippen LogP contribution in [0.25, 0.3) is 0 Å². The van der Waals surface area contributed by atoms with Crippen LogP contribution in [0.3, 0.4) is 0 Å². The van der Waals surface area contributed by atoms with Crippen molar-refractivity contribution in [3.05, 3.63) is 40.4 Å². The maximum absolute atomic E-state index is 14.1. The van der Waals surface area contributed by atoms with Gasteiger partial charge in [-0.25, -0.2) is 0 Å². The molecule has 4 atom stereocenters. The molecular weight excluding hydrogens is 428 g/mol. The molecule has 2 heterocycles. The lowest BCUT2D eigenvalue weighted by molar-refractivity contribution is -0.153. The van der Waals surface area contributed by atoms with E-state index in [0.717, 1.165) is 5.57 Å². The zero-order valence-electron chi connectivity index (χ0n) is 19.5. The smallest absolute Gasteiger partial charge is 0.306 e. The highest BCUT2D eigenvalue weighted by Crippen LogP contribution is 2.61. The number of ether oxygens (including phenoxy) is 6. The van der Waals surface area contributed by atoms with Crippen LogP contribution in [0.15, 0.2) is 29.2 Å². The lowest BCUT2D eigenvalue weighted by Gasteiger charge is -2.41. The Balaban J connectivity index is 1.82. The predicted octanol–water partition coefficient (Wildman–Crippen LogP) is 3.73. The van der Waals surface area contributed by atoms with E-state index < -0.39 is 11.5 Å². The van der Waals surface area contributed by atoms with Crippen LogP contribution in [-0.4, -0.2) is 39.4 Å². The van der Waals surface area contributed by atoms with Gasteiger partial charge in [0.05, 0.1) is 14.2 Å². The van der Waals surface area contributed by atoms with Crippen LogP contribution in [0.2, 0.25) is 0 Å². The number of benzene rings is 1. The summed E-state index contributed by atoms with van der Waals surface area (Å²) in [6.07, 6.45) is 2.19. The fraction of sp³-hybridized carbons (Fsp3) is 0.520. The Hall–Kier alpha value is -3.16. The lowest BCUT2D eigenvalue weighted by Crippen LogP contribution is -2.46. The number of fused-ring (bicyclic) bond motifs is 2. The largest absolute Gasteiger partial charge is 0.493 e. The second-order valence-corrected chi connectivity index (χ2v) is 9.00. The molecule has 1 aromatic carbocycles. The van der Waals surface area contributed by atoms with Gasteiger partial charge in [0.2, 0.25) is 24.1 Å². The highest BCUT2D eigenvalue weighted by Gasteiger charge is 2.59. The first-order valence-corrected chi connectivity index (χ1v) is 11.2. The predicted molar refractivity (Wildman–Crippen MR) is 116 cm³/mol. The Morgan fingerprint density at radius 3 is 2.64 bits per heavy atom. The topological polar surface area (TPSA) is 89.5 Å². The molecule has 0 saturated heterocycles. The van der Waals surface area contributed by atoms with Crippen LogP contribution in [0.4, 0.5) is 0 Å². The molecule has 2 aliphatic carbocycles. The quantitative estimate of drug-likeness (QED) is 0.634. The molecule has 0 aromatic heterocycles. The third-order valence-corrected chi connectivity index (χ3v) is 7.38. The van der Waals surface area contributed by atoms with Crippen LogP contribution in [0, 0.1) is 11.8 Å². The minimum atomic E-state index is -1.12. The third-order valence-electron chi connectivity index (χ3n) is 7.38. The monoisotopic (exact) mass is 456 g/mol. The molecule has 2 aliphatic heterocycles. The van der Waals surface area contributed by atoms with Crippen molar-refractivity contribution < 1.29 is 38.0 Å². The van der Waals surface area contributed by atoms with Crippen LogP contribution >= 0.6 is 0 Å². The molecule has 1 aromatic rings. The van der Waals surface area contributed by atoms with Gasteiger partial charge in [-0.3, -0.25) is 9.59 Å². The molecule has 0 fully saturated rings. The zero-order chi connectivity index (χ0) is 23.5. The van der Waals surface area contributed by atoms with Crippen molar-refractivity contribution in [3.8, 4) is 17.2 Å². The van der Waals surface area contributed by atoms with Crippen molar-refractivity contribution in [2.75, 3.05) is 27.6 Å². The minimum absolute atomic E-state index is 0.0293. The fourth-order valence-corrected chi connectivity index (χ4v) is 5.41. The van der Waals surface area contributed by atoms with Crippen molar-refractivity contribution >= 4 is 11.8 Å². The van der Waals surface area contributed by atoms with E-state index in [0.29, 0.717) is 40.6 Å². The van der Waals surface area contributed by atoms with E-state index >= 15 is 0 Å². The Morgan fingerprint density at radius 2 is 1.94 bits per heavy atom. The second kappa shape index (κ2) is 7.71. The summed E-state index contributed by atoms with van der Waals surface area (Å²) in [4.78, 5) is 26.5. The van der Waals surface area contributed by atoms with Gasteiger partial charge in [-0.05, 0) is 30.1 Å². The molecular formula is C25H28O8. The molecule has 4 aliphatic rings. The number of allylic oxidation sites excluding steroid dienone is 2. The van der Waals surface area contributed by atoms with Gasteiger partial charge in [-0.1, -0.05) is 20.8 Å². The molecule has 1 spiro atoms. The molecule has 176 valence electrons. The first-order chi connectivity index (χ1) is 15.9. The van der Waals surface area contributed by atoms with Gasteiger partial charge < -0.3 is 28.4 Å². The van der Waals surface area contributed by atoms with Crippen LogP contribution in [-0.2, 0) is 29.2 Å². The fourth-order valence-electron chi connectivity index (χ4n) is 5.41. The molecule has 5 rings (SSSR count). The summed E-state index contributed by atoms with van der Waals surface area (Å²) in [6.45, 7) is 6.09. The Morgan fingerprint density at radius 1 is 1.15 bits per heavy atom. The lowest BCUT2D eigenvalue weighted by atomic mass is 9.62. The summed E-state index contributed by atoms with van der Waals surface area (Å²) in [5.41, 5.74) is 1.15. The molecule has 33 heavy (non-hydrogen) atoms. The van der Waals surface area contributed by atoms with E-state index in [-0.39, 0.29) is 49.2 Å². The van der Waals surface area contributed by atoms with Gasteiger partial charge in [0.1, 0.15) is 18.1 Å². The molecule has 0 N–H and O–H groups in total. The molecule has 4 unspecified atom stereocenters. The summed E-state index contributed by atoms with van der Waals surface area (Å²) in [5.74, 6) is 1.53. The van der Waals surface area contributed by atoms with Crippen molar-refractivity contribution in [2.45, 2.75) is 45.1 Å². The van der Waals surface area contributed by atoms with Gasteiger partial charge in [0, 0.05) is 23.5 Å². The van der Waals surface area contributed by atoms with Crippen LogP contribution in [0.5, 0.6) is 17.2 Å². The van der Waals surface area contributed by atoms with E-state index in [1.54, 1.807) is 6.92 Å². The van der Waals surface area contributed by atoms with Gasteiger partial charge in [0.25, 0.3) is 0 Å². The average molecular weight is 456 g/mol. The maximum atomic E-state index is 14.1. The van der Waals surface area contributed by atoms with Crippen molar-refractivity contribution in [2.24, 2.45) is 11.8 Å². The molecule has 0 radical (unpaired) electrons. The second-order valence-electron chi connectivity index (χ2n) is 9.00. The number of rotatable bonds is 4. The summed E-state index contributed by atoms with van der Waals surface area (Å²) in [6, 6.07) is 1.84. The number of Topliss-reactive ketones (excluding diaryl/α,β-unsaturated/α-hetero) is 1. The Bertz CT molecular complexity index is 1100. The maximum Gasteiger partial charge on any atom is 0.306 e. The molecule has 0 saturated carbocycles. The molecule has 8 nitrogen and oxygen atoms in total. The molecule has 0 bridgehead atoms. The average Bonchev–Trinajstić information content (AvgIpc) is 3.44. The van der Waals surface area contributed by atoms with E-state index in [1.807, 2.05) is 12.1 Å². The highest BCUT2D eigenvalue weighted by atomic mass is 16.7. The van der Waals surface area contributed by atoms with Crippen molar-refractivity contribution in [3.63, 3.8) is 0 Å². The first kappa shape index (κ1) is 21.7. The van der Waals surface area contributed by atoms with E-state index in [4.69, 9.17) is 28.4 Å². The highest BCUT2D eigenvalue weighted by molar-refractivity contribution is 6.08. The summed E-state index contributed by atoms with van der Waals surface area (Å²) in [7, 11) is 2.98. The number of ketones is 1. The van der Waals surface area contributed by atoms with Gasteiger partial charge in [-0.2, -0.15) is 0 Å². The Kier molecular flexibility index (Phi) is 5.06. The number of esters is 1. The summed E-state index contributed by atoms with van der Waals surface area (Å²) >= 11 is 0. The standard InChI is InChI=1S/C25H28O8/c1-6-18(26)33-20-13(3)12(2)7-14-8-16(28-4)22(29-5)24(27)25(14)10-30-23-19(25)15(20)9-17-21(23)32-11-31-17/h8-9,12-13,20H,6-7,10-11H2,1-5H3. The number of carbonyl (C=O) groups excluding carboxylic acids is 2. The van der Waals surface area contributed by atoms with Crippen LogP contribution < -0.4 is 14.2 Å². The van der Waals surface area contributed by atoms with E-state index in [9.17, 15) is 9.59 Å². The number of carbonyl (C=O) groups is 2. The molecule has 0 amide bonds. The third kappa shape index (κ3) is 2.89. The van der Waals surface area contributed by atoms with Gasteiger partial charge in [-0.15, -0.1) is 0 Å². The van der Waals surface area contributed by atoms with Crippen molar-refractivity contribution in [1.82, 2.24) is 0 Å². The first-order valence-electron chi connectivity index (χ1n) is 11.2. The minimum Gasteiger partial charge on any atom is -0.493 e.